The lowest BCUT2D eigenvalue weighted by Crippen LogP contribution is -2.53. The fraction of sp³-hybridized carbons (Fsp3) is 0.500. The van der Waals surface area contributed by atoms with E-state index in [4.69, 9.17) is 24.7 Å². The number of ether oxygens (including phenoxy) is 4. The summed E-state index contributed by atoms with van der Waals surface area (Å²) in [5.74, 6) is -2.67. The van der Waals surface area contributed by atoms with E-state index in [0.29, 0.717) is 24.0 Å². The molecular weight excluding hydrogens is 526 g/mol. The number of rotatable bonds is 15. The molecule has 9 nitrogen and oxygen atoms in total. The van der Waals surface area contributed by atoms with Crippen LogP contribution in [0.5, 0.6) is 11.5 Å². The molecular formula is C32H43NO8. The highest BCUT2D eigenvalue weighted by Gasteiger charge is 2.38. The number of esters is 4. The maximum atomic E-state index is 12.9. The number of benzene rings is 2. The molecule has 3 unspecified atom stereocenters. The lowest BCUT2D eigenvalue weighted by molar-refractivity contribution is -0.148. The number of hydrogen-bond donors (Lipinski definition) is 1. The maximum absolute atomic E-state index is 12.9. The van der Waals surface area contributed by atoms with Gasteiger partial charge in [-0.15, -0.1) is 0 Å². The van der Waals surface area contributed by atoms with Gasteiger partial charge in [-0.1, -0.05) is 64.8 Å². The van der Waals surface area contributed by atoms with Crippen molar-refractivity contribution in [1.82, 2.24) is 0 Å². The van der Waals surface area contributed by atoms with Gasteiger partial charge in [-0.25, -0.2) is 4.79 Å². The molecule has 224 valence electrons. The van der Waals surface area contributed by atoms with Gasteiger partial charge in [0.2, 0.25) is 0 Å². The van der Waals surface area contributed by atoms with Crippen molar-refractivity contribution in [3.63, 3.8) is 0 Å². The quantitative estimate of drug-likeness (QED) is 0.221. The molecule has 0 aliphatic heterocycles. The number of hydrogen-bond acceptors (Lipinski definition) is 9. The van der Waals surface area contributed by atoms with Gasteiger partial charge >= 0.3 is 23.9 Å². The maximum Gasteiger partial charge on any atom is 0.338 e. The summed E-state index contributed by atoms with van der Waals surface area (Å²) in [6.07, 6.45) is 2.12. The predicted octanol–water partition coefficient (Wildman–Crippen LogP) is 5.42. The highest BCUT2D eigenvalue weighted by atomic mass is 16.6. The molecule has 4 atom stereocenters. The van der Waals surface area contributed by atoms with E-state index in [1.807, 2.05) is 13.8 Å². The van der Waals surface area contributed by atoms with E-state index in [0.717, 1.165) is 12.8 Å². The Balaban J connectivity index is 2.33. The Morgan fingerprint density at radius 1 is 0.829 bits per heavy atom. The van der Waals surface area contributed by atoms with Gasteiger partial charge < -0.3 is 24.7 Å². The Bertz CT molecular complexity index is 1180. The van der Waals surface area contributed by atoms with Gasteiger partial charge in [0, 0.05) is 12.8 Å². The minimum absolute atomic E-state index is 0.0254. The van der Waals surface area contributed by atoms with Crippen LogP contribution in [-0.2, 0) is 30.3 Å². The first-order valence-electron chi connectivity index (χ1n) is 14.1. The number of nitrogens with two attached hydrogens (primary N) is 1. The second-order valence-corrected chi connectivity index (χ2v) is 10.6. The van der Waals surface area contributed by atoms with E-state index in [-0.39, 0.29) is 36.2 Å². The van der Waals surface area contributed by atoms with Crippen molar-refractivity contribution in [3.05, 3.63) is 59.7 Å². The highest BCUT2D eigenvalue weighted by Crippen LogP contribution is 2.32. The normalized spacial score (nSPS) is 14.6. The van der Waals surface area contributed by atoms with Crippen molar-refractivity contribution < 1.29 is 38.1 Å². The smallest absolute Gasteiger partial charge is 0.338 e. The van der Waals surface area contributed by atoms with E-state index in [2.05, 4.69) is 0 Å². The second-order valence-electron chi connectivity index (χ2n) is 10.6. The van der Waals surface area contributed by atoms with Gasteiger partial charge in [-0.05, 0) is 49.6 Å². The molecule has 0 radical (unpaired) electrons. The first-order valence-corrected chi connectivity index (χ1v) is 14.1. The fourth-order valence-corrected chi connectivity index (χ4v) is 4.52. The second kappa shape index (κ2) is 15.9. The minimum Gasteiger partial charge on any atom is -0.468 e. The summed E-state index contributed by atoms with van der Waals surface area (Å²) < 4.78 is 21.8. The fourth-order valence-electron chi connectivity index (χ4n) is 4.52. The van der Waals surface area contributed by atoms with Crippen LogP contribution in [-0.4, -0.2) is 42.6 Å². The highest BCUT2D eigenvalue weighted by molar-refractivity contribution is 5.89. The van der Waals surface area contributed by atoms with E-state index in [1.54, 1.807) is 57.2 Å². The van der Waals surface area contributed by atoms with Crippen LogP contribution < -0.4 is 15.2 Å². The van der Waals surface area contributed by atoms with Gasteiger partial charge in [0.25, 0.3) is 0 Å². The molecule has 0 amide bonds. The summed E-state index contributed by atoms with van der Waals surface area (Å²) >= 11 is 0. The van der Waals surface area contributed by atoms with Crippen LogP contribution in [0.3, 0.4) is 0 Å². The van der Waals surface area contributed by atoms with Crippen molar-refractivity contribution in [2.75, 3.05) is 7.11 Å². The third kappa shape index (κ3) is 10.0. The summed E-state index contributed by atoms with van der Waals surface area (Å²) in [7, 11) is 1.23. The van der Waals surface area contributed by atoms with Gasteiger partial charge in [0.1, 0.15) is 11.6 Å². The molecule has 9 heteroatoms. The van der Waals surface area contributed by atoms with Gasteiger partial charge in [-0.2, -0.15) is 0 Å². The summed E-state index contributed by atoms with van der Waals surface area (Å²) in [6.45, 7) is 9.14. The van der Waals surface area contributed by atoms with Gasteiger partial charge in [-0.3, -0.25) is 14.4 Å². The van der Waals surface area contributed by atoms with Gasteiger partial charge in [0.15, 0.2) is 11.5 Å². The Morgan fingerprint density at radius 2 is 1.39 bits per heavy atom. The van der Waals surface area contributed by atoms with Crippen LogP contribution in [0.25, 0.3) is 0 Å². The molecule has 0 spiro atoms. The topological polar surface area (TPSA) is 131 Å². The Kier molecular flexibility index (Phi) is 13.0. The molecule has 0 aliphatic rings. The Labute approximate surface area is 242 Å². The van der Waals surface area contributed by atoms with Crippen molar-refractivity contribution >= 4 is 23.9 Å². The first-order chi connectivity index (χ1) is 19.4. The molecule has 0 saturated carbocycles. The average Bonchev–Trinajstić information content (AvgIpc) is 2.94. The van der Waals surface area contributed by atoms with Crippen LogP contribution in [0.15, 0.2) is 48.5 Å². The van der Waals surface area contributed by atoms with Crippen molar-refractivity contribution in [1.29, 1.82) is 0 Å². The van der Waals surface area contributed by atoms with Crippen molar-refractivity contribution in [2.24, 2.45) is 17.6 Å². The van der Waals surface area contributed by atoms with E-state index < -0.39 is 35.5 Å². The number of methoxy groups -OCH3 is 1. The van der Waals surface area contributed by atoms with Gasteiger partial charge in [0.05, 0.1) is 24.5 Å². The van der Waals surface area contributed by atoms with Crippen LogP contribution in [0.4, 0.5) is 0 Å². The summed E-state index contributed by atoms with van der Waals surface area (Å²) in [4.78, 5) is 50.8. The summed E-state index contributed by atoms with van der Waals surface area (Å²) in [5.41, 5.74) is 5.91. The SMILES string of the molecule is CCCC(C)C(=O)Oc1ccc(CC(N)(C[C@H](C)OC(=O)c2ccccc2)C(=O)OC)cc1OC(=O)C(C)CCC. The molecule has 0 bridgehead atoms. The largest absolute Gasteiger partial charge is 0.468 e. The predicted molar refractivity (Wildman–Crippen MR) is 154 cm³/mol. The van der Waals surface area contributed by atoms with Crippen molar-refractivity contribution in [2.45, 2.75) is 84.8 Å². The zero-order valence-corrected chi connectivity index (χ0v) is 24.9. The lowest BCUT2D eigenvalue weighted by Gasteiger charge is -2.29. The van der Waals surface area contributed by atoms with Crippen LogP contribution >= 0.6 is 0 Å². The zero-order chi connectivity index (χ0) is 30.6. The first kappa shape index (κ1) is 33.5. The zero-order valence-electron chi connectivity index (χ0n) is 24.9. The van der Waals surface area contributed by atoms with E-state index in [1.165, 1.54) is 19.2 Å². The molecule has 2 rings (SSSR count). The molecule has 0 aliphatic carbocycles. The standard InChI is InChI=1S/C32H43NO8/c1-7-12-21(3)28(34)40-26-17-16-24(18-27(26)41-29(35)22(4)13-8-2)20-32(33,31(37)38-6)19-23(5)39-30(36)25-14-10-9-11-15-25/h9-11,14-18,21-23H,7-8,12-13,19-20,33H2,1-6H3/t21?,22?,23-,32?/m0/s1. The molecule has 2 aromatic rings. The van der Waals surface area contributed by atoms with Crippen molar-refractivity contribution in [3.8, 4) is 11.5 Å². The van der Waals surface area contributed by atoms with Crippen LogP contribution in [0, 0.1) is 11.8 Å². The molecule has 2 aromatic carbocycles. The lowest BCUT2D eigenvalue weighted by atomic mass is 9.86. The third-order valence-electron chi connectivity index (χ3n) is 6.76. The Hall–Kier alpha value is -3.72. The summed E-state index contributed by atoms with van der Waals surface area (Å²) in [6, 6.07) is 13.2. The molecule has 41 heavy (non-hydrogen) atoms. The van der Waals surface area contributed by atoms with Crippen LogP contribution in [0.1, 0.15) is 82.6 Å². The minimum atomic E-state index is -1.57. The van der Waals surface area contributed by atoms with E-state index >= 15 is 0 Å². The molecule has 0 heterocycles. The summed E-state index contributed by atoms with van der Waals surface area (Å²) in [5, 5.41) is 0. The monoisotopic (exact) mass is 569 g/mol. The molecule has 2 N–H and O–H groups in total. The molecule has 0 fully saturated rings. The van der Waals surface area contributed by atoms with Crippen LogP contribution in [0.2, 0.25) is 0 Å². The molecule has 0 saturated heterocycles. The number of carbonyl (C=O) groups is 4. The Morgan fingerprint density at radius 3 is 1.93 bits per heavy atom. The van der Waals surface area contributed by atoms with E-state index in [9.17, 15) is 19.2 Å². The number of carbonyl (C=O) groups excluding carboxylic acids is 4. The third-order valence-corrected chi connectivity index (χ3v) is 6.76. The molecule has 0 aromatic heterocycles. The average molecular weight is 570 g/mol.